The highest BCUT2D eigenvalue weighted by Gasteiger charge is 2.09. The van der Waals surface area contributed by atoms with Crippen LogP contribution in [0, 0.1) is 0 Å². The number of hydrogen-bond donors (Lipinski definition) is 1. The van der Waals surface area contributed by atoms with Crippen molar-refractivity contribution < 1.29 is 9.53 Å². The highest BCUT2D eigenvalue weighted by atomic mass is 16.5. The van der Waals surface area contributed by atoms with E-state index in [1.165, 1.54) is 10.7 Å². The van der Waals surface area contributed by atoms with Gasteiger partial charge >= 0.3 is 0 Å². The molecular weight excluding hydrogens is 330 g/mol. The Kier molecular flexibility index (Phi) is 5.43. The van der Waals surface area contributed by atoms with Gasteiger partial charge < -0.3 is 10.1 Å². The van der Waals surface area contributed by atoms with E-state index in [2.05, 4.69) is 10.4 Å². The molecule has 0 unspecified atom stereocenters. The molecule has 0 radical (unpaired) electrons. The van der Waals surface area contributed by atoms with Gasteiger partial charge in [-0.15, -0.1) is 0 Å². The van der Waals surface area contributed by atoms with Crippen molar-refractivity contribution in [1.82, 2.24) is 15.1 Å². The molecule has 6 nitrogen and oxygen atoms in total. The van der Waals surface area contributed by atoms with Crippen molar-refractivity contribution in [3.63, 3.8) is 0 Å². The molecule has 0 saturated carbocycles. The van der Waals surface area contributed by atoms with Crippen LogP contribution in [0.2, 0.25) is 0 Å². The topological polar surface area (TPSA) is 73.2 Å². The first-order valence-corrected chi connectivity index (χ1v) is 8.19. The molecule has 0 atom stereocenters. The molecule has 0 spiro atoms. The minimum absolute atomic E-state index is 0.144. The molecule has 1 amide bonds. The SMILES string of the molecule is COc1ccccc1CNC(=O)Cn1nc(-c2ccccc2)ccc1=O. The lowest BCUT2D eigenvalue weighted by Gasteiger charge is -2.10. The second kappa shape index (κ2) is 8.11. The van der Waals surface area contributed by atoms with Crippen molar-refractivity contribution >= 4 is 5.91 Å². The first-order chi connectivity index (χ1) is 12.7. The number of methoxy groups -OCH3 is 1. The van der Waals surface area contributed by atoms with Gasteiger partial charge in [-0.2, -0.15) is 5.10 Å². The minimum Gasteiger partial charge on any atom is -0.496 e. The zero-order chi connectivity index (χ0) is 18.4. The van der Waals surface area contributed by atoms with Crippen molar-refractivity contribution in [3.8, 4) is 17.0 Å². The van der Waals surface area contributed by atoms with E-state index < -0.39 is 0 Å². The number of hydrogen-bond acceptors (Lipinski definition) is 4. The molecule has 0 aliphatic heterocycles. The van der Waals surface area contributed by atoms with Gasteiger partial charge in [0.25, 0.3) is 5.56 Å². The van der Waals surface area contributed by atoms with Gasteiger partial charge in [0.15, 0.2) is 0 Å². The average Bonchev–Trinajstić information content (AvgIpc) is 2.69. The van der Waals surface area contributed by atoms with E-state index in [0.29, 0.717) is 18.0 Å². The second-order valence-corrected chi connectivity index (χ2v) is 5.67. The van der Waals surface area contributed by atoms with E-state index in [9.17, 15) is 9.59 Å². The first-order valence-electron chi connectivity index (χ1n) is 8.19. The standard InChI is InChI=1S/C20H19N3O3/c1-26-18-10-6-5-9-16(18)13-21-19(24)14-23-20(25)12-11-17(22-23)15-7-3-2-4-8-15/h2-12H,13-14H2,1H3,(H,21,24). The van der Waals surface area contributed by atoms with Crippen LogP contribution in [0.4, 0.5) is 0 Å². The number of nitrogens with zero attached hydrogens (tertiary/aromatic N) is 2. The monoisotopic (exact) mass is 349 g/mol. The molecule has 0 aliphatic rings. The Morgan fingerprint density at radius 1 is 1.04 bits per heavy atom. The zero-order valence-electron chi connectivity index (χ0n) is 14.4. The van der Waals surface area contributed by atoms with Crippen molar-refractivity contribution in [3.05, 3.63) is 82.6 Å². The van der Waals surface area contributed by atoms with Crippen LogP contribution < -0.4 is 15.6 Å². The molecule has 1 N–H and O–H groups in total. The third-order valence-corrected chi connectivity index (χ3v) is 3.90. The van der Waals surface area contributed by atoms with Gasteiger partial charge in [0.1, 0.15) is 12.3 Å². The Bertz CT molecular complexity index is 952. The minimum atomic E-state index is -0.322. The first kappa shape index (κ1) is 17.4. The van der Waals surface area contributed by atoms with Crippen LogP contribution in [0.25, 0.3) is 11.3 Å². The summed E-state index contributed by atoms with van der Waals surface area (Å²) in [5, 5.41) is 7.08. The summed E-state index contributed by atoms with van der Waals surface area (Å²) in [5.41, 5.74) is 2.07. The van der Waals surface area contributed by atoms with E-state index in [1.807, 2.05) is 54.6 Å². The molecule has 132 valence electrons. The summed E-state index contributed by atoms with van der Waals surface area (Å²) in [6.45, 7) is 0.171. The Labute approximate surface area is 151 Å². The third kappa shape index (κ3) is 4.16. The van der Waals surface area contributed by atoms with Gasteiger partial charge in [-0.05, 0) is 12.1 Å². The Morgan fingerprint density at radius 3 is 2.54 bits per heavy atom. The van der Waals surface area contributed by atoms with Crippen LogP contribution in [0.1, 0.15) is 5.56 Å². The van der Waals surface area contributed by atoms with E-state index in [1.54, 1.807) is 13.2 Å². The summed E-state index contributed by atoms with van der Waals surface area (Å²) in [6.07, 6.45) is 0. The van der Waals surface area contributed by atoms with Gasteiger partial charge in [-0.25, -0.2) is 4.68 Å². The number of amides is 1. The Balaban J connectivity index is 1.70. The lowest BCUT2D eigenvalue weighted by Crippen LogP contribution is -2.33. The molecule has 1 heterocycles. The second-order valence-electron chi connectivity index (χ2n) is 5.67. The van der Waals surface area contributed by atoms with Crippen LogP contribution in [0.5, 0.6) is 5.75 Å². The predicted octanol–water partition coefficient (Wildman–Crippen LogP) is 2.24. The predicted molar refractivity (Wildman–Crippen MR) is 98.8 cm³/mol. The quantitative estimate of drug-likeness (QED) is 0.741. The van der Waals surface area contributed by atoms with Gasteiger partial charge in [-0.1, -0.05) is 48.5 Å². The number of ether oxygens (including phenoxy) is 1. The van der Waals surface area contributed by atoms with Crippen LogP contribution in [-0.4, -0.2) is 22.8 Å². The van der Waals surface area contributed by atoms with Crippen molar-refractivity contribution in [2.45, 2.75) is 13.1 Å². The van der Waals surface area contributed by atoms with Crippen molar-refractivity contribution in [2.75, 3.05) is 7.11 Å². The summed E-state index contributed by atoms with van der Waals surface area (Å²) >= 11 is 0. The molecule has 26 heavy (non-hydrogen) atoms. The number of para-hydroxylation sites is 1. The van der Waals surface area contributed by atoms with Crippen LogP contribution in [-0.2, 0) is 17.9 Å². The maximum atomic E-state index is 12.2. The summed E-state index contributed by atoms with van der Waals surface area (Å²) < 4.78 is 6.43. The van der Waals surface area contributed by atoms with E-state index in [4.69, 9.17) is 4.74 Å². The normalized spacial score (nSPS) is 10.3. The van der Waals surface area contributed by atoms with Crippen molar-refractivity contribution in [2.24, 2.45) is 0 Å². The third-order valence-electron chi connectivity index (χ3n) is 3.90. The highest BCUT2D eigenvalue weighted by Crippen LogP contribution is 2.16. The molecule has 6 heteroatoms. The van der Waals surface area contributed by atoms with Crippen molar-refractivity contribution in [1.29, 1.82) is 0 Å². The maximum absolute atomic E-state index is 12.2. The molecule has 0 aliphatic carbocycles. The number of carbonyl (C=O) groups is 1. The fourth-order valence-electron chi connectivity index (χ4n) is 2.56. The smallest absolute Gasteiger partial charge is 0.267 e. The Morgan fingerprint density at radius 2 is 1.77 bits per heavy atom. The summed E-state index contributed by atoms with van der Waals surface area (Å²) in [7, 11) is 1.58. The number of benzene rings is 2. The lowest BCUT2D eigenvalue weighted by molar-refractivity contribution is -0.122. The average molecular weight is 349 g/mol. The van der Waals surface area contributed by atoms with Gasteiger partial charge in [0.05, 0.1) is 12.8 Å². The van der Waals surface area contributed by atoms with Gasteiger partial charge in [0, 0.05) is 23.7 Å². The van der Waals surface area contributed by atoms with Gasteiger partial charge in [0.2, 0.25) is 5.91 Å². The fraction of sp³-hybridized carbons (Fsp3) is 0.150. The van der Waals surface area contributed by atoms with Gasteiger partial charge in [-0.3, -0.25) is 9.59 Å². The summed E-state index contributed by atoms with van der Waals surface area (Å²) in [5.74, 6) is 0.407. The summed E-state index contributed by atoms with van der Waals surface area (Å²) in [4.78, 5) is 24.2. The van der Waals surface area contributed by atoms with Crippen LogP contribution in [0.3, 0.4) is 0 Å². The number of carbonyl (C=O) groups excluding carboxylic acids is 1. The Hall–Kier alpha value is -3.41. The zero-order valence-corrected chi connectivity index (χ0v) is 14.4. The molecule has 1 aromatic heterocycles. The molecule has 0 bridgehead atoms. The molecular formula is C20H19N3O3. The molecule has 3 aromatic rings. The highest BCUT2D eigenvalue weighted by molar-refractivity contribution is 5.75. The number of rotatable bonds is 6. The number of nitrogens with one attached hydrogen (secondary N) is 1. The molecule has 0 saturated heterocycles. The largest absolute Gasteiger partial charge is 0.496 e. The summed E-state index contributed by atoms with van der Waals surface area (Å²) in [6, 6.07) is 20.0. The molecule has 3 rings (SSSR count). The molecule has 0 fully saturated rings. The number of aromatic nitrogens is 2. The maximum Gasteiger partial charge on any atom is 0.267 e. The van der Waals surface area contributed by atoms with E-state index in [0.717, 1.165) is 11.1 Å². The molecule has 2 aromatic carbocycles. The van der Waals surface area contributed by atoms with E-state index >= 15 is 0 Å². The fourth-order valence-corrected chi connectivity index (χ4v) is 2.56. The van der Waals surface area contributed by atoms with Crippen LogP contribution >= 0.6 is 0 Å². The van der Waals surface area contributed by atoms with Crippen LogP contribution in [0.15, 0.2) is 71.5 Å². The van der Waals surface area contributed by atoms with E-state index in [-0.39, 0.29) is 18.0 Å². The lowest BCUT2D eigenvalue weighted by atomic mass is 10.1.